The van der Waals surface area contributed by atoms with Crippen molar-refractivity contribution in [3.63, 3.8) is 0 Å². The third-order valence-corrected chi connectivity index (χ3v) is 4.09. The molecule has 0 bridgehead atoms. The number of carbonyl (C=O) groups excluding carboxylic acids is 1. The summed E-state index contributed by atoms with van der Waals surface area (Å²) < 4.78 is 15.9. The molecule has 0 aliphatic heterocycles. The maximum Gasteiger partial charge on any atom is 0.289 e. The van der Waals surface area contributed by atoms with Gasteiger partial charge in [0.15, 0.2) is 0 Å². The van der Waals surface area contributed by atoms with Gasteiger partial charge in [-0.15, -0.1) is 0 Å². The number of aromatic nitrogens is 2. The van der Waals surface area contributed by atoms with Crippen molar-refractivity contribution in [2.45, 2.75) is 6.92 Å². The number of hydrazone groups is 1. The molecule has 1 heterocycles. The highest BCUT2D eigenvalue weighted by molar-refractivity contribution is 5.94. The predicted octanol–water partition coefficient (Wildman–Crippen LogP) is 3.26. The SMILES string of the molecule is CCOc1ccc(-c2cc(C(=O)N/N=C\c3ccc(OC)cc3OC)[nH]n2)cc1. The van der Waals surface area contributed by atoms with Gasteiger partial charge in [0, 0.05) is 17.2 Å². The lowest BCUT2D eigenvalue weighted by Crippen LogP contribution is -2.18. The van der Waals surface area contributed by atoms with E-state index in [9.17, 15) is 4.79 Å². The number of nitrogens with zero attached hydrogens (tertiary/aromatic N) is 2. The number of amides is 1. The van der Waals surface area contributed by atoms with Gasteiger partial charge in [0.25, 0.3) is 5.91 Å². The molecule has 29 heavy (non-hydrogen) atoms. The number of aromatic amines is 1. The molecule has 0 aliphatic rings. The summed E-state index contributed by atoms with van der Waals surface area (Å²) in [5.74, 6) is 1.63. The molecule has 0 atom stereocenters. The molecule has 0 fully saturated rings. The van der Waals surface area contributed by atoms with Crippen molar-refractivity contribution in [3.8, 4) is 28.5 Å². The van der Waals surface area contributed by atoms with Gasteiger partial charge in [-0.1, -0.05) is 0 Å². The molecule has 0 saturated carbocycles. The molecule has 150 valence electrons. The highest BCUT2D eigenvalue weighted by Gasteiger charge is 2.11. The molecule has 3 aromatic rings. The van der Waals surface area contributed by atoms with E-state index in [0.717, 1.165) is 11.3 Å². The van der Waals surface area contributed by atoms with E-state index in [-0.39, 0.29) is 0 Å². The topological polar surface area (TPSA) is 97.8 Å². The van der Waals surface area contributed by atoms with Crippen LogP contribution in [0, 0.1) is 0 Å². The fourth-order valence-electron chi connectivity index (χ4n) is 2.62. The summed E-state index contributed by atoms with van der Waals surface area (Å²) in [5, 5.41) is 10.9. The zero-order valence-electron chi connectivity index (χ0n) is 16.4. The van der Waals surface area contributed by atoms with Crippen molar-refractivity contribution in [2.75, 3.05) is 20.8 Å². The van der Waals surface area contributed by atoms with Crippen molar-refractivity contribution in [2.24, 2.45) is 5.10 Å². The van der Waals surface area contributed by atoms with Crippen LogP contribution in [-0.2, 0) is 0 Å². The summed E-state index contributed by atoms with van der Waals surface area (Å²) in [7, 11) is 3.13. The van der Waals surface area contributed by atoms with Gasteiger partial charge in [0.05, 0.1) is 32.7 Å². The van der Waals surface area contributed by atoms with Gasteiger partial charge < -0.3 is 14.2 Å². The number of nitrogens with one attached hydrogen (secondary N) is 2. The minimum Gasteiger partial charge on any atom is -0.497 e. The largest absolute Gasteiger partial charge is 0.497 e. The van der Waals surface area contributed by atoms with Gasteiger partial charge in [0.1, 0.15) is 22.9 Å². The first kappa shape index (κ1) is 19.9. The smallest absolute Gasteiger partial charge is 0.289 e. The molecule has 8 heteroatoms. The van der Waals surface area contributed by atoms with Crippen LogP contribution >= 0.6 is 0 Å². The number of hydrogen-bond acceptors (Lipinski definition) is 6. The van der Waals surface area contributed by atoms with Crippen LogP contribution < -0.4 is 19.6 Å². The molecule has 0 saturated heterocycles. The second-order valence-electron chi connectivity index (χ2n) is 5.93. The standard InChI is InChI=1S/C21H22N4O4/c1-4-29-16-8-5-14(6-9-16)18-12-19(24-23-18)21(26)25-22-13-15-7-10-17(27-2)11-20(15)28-3/h5-13H,4H2,1-3H3,(H,23,24)(H,25,26)/b22-13-. The summed E-state index contributed by atoms with van der Waals surface area (Å²) in [6.45, 7) is 2.54. The molecule has 8 nitrogen and oxygen atoms in total. The minimum atomic E-state index is -0.404. The Bertz CT molecular complexity index is 996. The molecular weight excluding hydrogens is 372 g/mol. The normalized spacial score (nSPS) is 10.7. The Hall–Kier alpha value is -3.81. The summed E-state index contributed by atoms with van der Waals surface area (Å²) in [6.07, 6.45) is 1.50. The number of benzene rings is 2. The van der Waals surface area contributed by atoms with E-state index in [1.807, 2.05) is 31.2 Å². The van der Waals surface area contributed by atoms with E-state index in [0.29, 0.717) is 35.1 Å². The highest BCUT2D eigenvalue weighted by atomic mass is 16.5. The number of carbonyl (C=O) groups is 1. The second kappa shape index (κ2) is 9.41. The van der Waals surface area contributed by atoms with Crippen LogP contribution in [0.25, 0.3) is 11.3 Å². The van der Waals surface area contributed by atoms with Crippen LogP contribution in [0.4, 0.5) is 0 Å². The van der Waals surface area contributed by atoms with E-state index in [4.69, 9.17) is 14.2 Å². The van der Waals surface area contributed by atoms with Gasteiger partial charge in [-0.05, 0) is 49.4 Å². The van der Waals surface area contributed by atoms with Crippen LogP contribution in [0.15, 0.2) is 53.6 Å². The number of H-pyrrole nitrogens is 1. The first-order chi connectivity index (χ1) is 14.1. The first-order valence-electron chi connectivity index (χ1n) is 8.98. The Morgan fingerprint density at radius 1 is 1.10 bits per heavy atom. The number of ether oxygens (including phenoxy) is 3. The van der Waals surface area contributed by atoms with Gasteiger partial charge in [-0.25, -0.2) is 5.43 Å². The minimum absolute atomic E-state index is 0.299. The molecular formula is C21H22N4O4. The molecule has 3 rings (SSSR count). The summed E-state index contributed by atoms with van der Waals surface area (Å²) >= 11 is 0. The molecule has 0 radical (unpaired) electrons. The van der Waals surface area contributed by atoms with Crippen LogP contribution in [0.5, 0.6) is 17.2 Å². The van der Waals surface area contributed by atoms with Crippen LogP contribution in [0.2, 0.25) is 0 Å². The van der Waals surface area contributed by atoms with E-state index in [1.165, 1.54) is 6.21 Å². The first-order valence-corrected chi connectivity index (χ1v) is 8.98. The van der Waals surface area contributed by atoms with E-state index in [2.05, 4.69) is 20.7 Å². The zero-order valence-corrected chi connectivity index (χ0v) is 16.4. The third-order valence-electron chi connectivity index (χ3n) is 4.09. The third kappa shape index (κ3) is 4.92. The molecule has 2 aromatic carbocycles. The maximum absolute atomic E-state index is 12.3. The monoisotopic (exact) mass is 394 g/mol. The predicted molar refractivity (Wildman–Crippen MR) is 110 cm³/mol. The second-order valence-corrected chi connectivity index (χ2v) is 5.93. The number of methoxy groups -OCH3 is 2. The Labute approximate surface area is 168 Å². The Morgan fingerprint density at radius 3 is 2.55 bits per heavy atom. The Balaban J connectivity index is 1.65. The molecule has 0 unspecified atom stereocenters. The van der Waals surface area contributed by atoms with Gasteiger partial charge in [0.2, 0.25) is 0 Å². The van der Waals surface area contributed by atoms with Gasteiger partial charge >= 0.3 is 0 Å². The van der Waals surface area contributed by atoms with E-state index in [1.54, 1.807) is 38.5 Å². The highest BCUT2D eigenvalue weighted by Crippen LogP contribution is 2.23. The lowest BCUT2D eigenvalue weighted by atomic mass is 10.1. The lowest BCUT2D eigenvalue weighted by molar-refractivity contribution is 0.0950. The molecule has 2 N–H and O–H groups in total. The molecule has 0 aliphatic carbocycles. The van der Waals surface area contributed by atoms with Crippen LogP contribution in [-0.4, -0.2) is 43.1 Å². The summed E-state index contributed by atoms with van der Waals surface area (Å²) in [5.41, 5.74) is 4.99. The summed E-state index contributed by atoms with van der Waals surface area (Å²) in [4.78, 5) is 12.3. The molecule has 1 amide bonds. The Kier molecular flexibility index (Phi) is 6.47. The van der Waals surface area contributed by atoms with Crippen molar-refractivity contribution < 1.29 is 19.0 Å². The number of rotatable bonds is 8. The summed E-state index contributed by atoms with van der Waals surface area (Å²) in [6, 6.07) is 14.5. The van der Waals surface area contributed by atoms with E-state index < -0.39 is 5.91 Å². The van der Waals surface area contributed by atoms with Gasteiger partial charge in [-0.2, -0.15) is 10.2 Å². The quantitative estimate of drug-likeness (QED) is 0.451. The molecule has 0 spiro atoms. The maximum atomic E-state index is 12.3. The number of hydrogen-bond donors (Lipinski definition) is 2. The van der Waals surface area contributed by atoms with Crippen LogP contribution in [0.1, 0.15) is 23.0 Å². The average Bonchev–Trinajstić information content (AvgIpc) is 3.25. The van der Waals surface area contributed by atoms with Gasteiger partial charge in [-0.3, -0.25) is 9.89 Å². The lowest BCUT2D eigenvalue weighted by Gasteiger charge is -2.06. The average molecular weight is 394 g/mol. The van der Waals surface area contributed by atoms with Crippen molar-refractivity contribution in [1.82, 2.24) is 15.6 Å². The van der Waals surface area contributed by atoms with E-state index >= 15 is 0 Å². The van der Waals surface area contributed by atoms with Crippen molar-refractivity contribution >= 4 is 12.1 Å². The van der Waals surface area contributed by atoms with Crippen molar-refractivity contribution in [3.05, 3.63) is 59.8 Å². The van der Waals surface area contributed by atoms with Crippen molar-refractivity contribution in [1.29, 1.82) is 0 Å². The fraction of sp³-hybridized carbons (Fsp3) is 0.190. The Morgan fingerprint density at radius 2 is 1.86 bits per heavy atom. The fourth-order valence-corrected chi connectivity index (χ4v) is 2.62. The zero-order chi connectivity index (χ0) is 20.6. The van der Waals surface area contributed by atoms with Crippen LogP contribution in [0.3, 0.4) is 0 Å². The molecule has 1 aromatic heterocycles.